The highest BCUT2D eigenvalue weighted by Gasteiger charge is 2.22. The molecule has 0 fully saturated rings. The van der Waals surface area contributed by atoms with Gasteiger partial charge < -0.3 is 4.74 Å². The maximum Gasteiger partial charge on any atom is 0.321 e. The van der Waals surface area contributed by atoms with Gasteiger partial charge in [-0.1, -0.05) is 23.2 Å². The van der Waals surface area contributed by atoms with Gasteiger partial charge in [0.1, 0.15) is 5.78 Å². The van der Waals surface area contributed by atoms with Gasteiger partial charge in [-0.25, -0.2) is 0 Å². The first-order valence-corrected chi connectivity index (χ1v) is 6.37. The van der Waals surface area contributed by atoms with Crippen molar-refractivity contribution in [3.8, 4) is 0 Å². The molecule has 1 aromatic carbocycles. The van der Waals surface area contributed by atoms with Crippen LogP contribution < -0.4 is 0 Å². The molecule has 0 aliphatic rings. The van der Waals surface area contributed by atoms with E-state index in [1.807, 2.05) is 0 Å². The fourth-order valence-corrected chi connectivity index (χ4v) is 1.76. The maximum atomic E-state index is 11.6. The Bertz CT molecular complexity index is 515. The van der Waals surface area contributed by atoms with Crippen LogP contribution >= 0.6 is 23.2 Å². The van der Waals surface area contributed by atoms with E-state index in [1.54, 1.807) is 19.1 Å². The Morgan fingerprint density at radius 2 is 2.11 bits per heavy atom. The zero-order chi connectivity index (χ0) is 14.4. The maximum absolute atomic E-state index is 11.6. The number of halogens is 2. The molecule has 0 aromatic heterocycles. The van der Waals surface area contributed by atoms with Crippen LogP contribution in [0.5, 0.6) is 0 Å². The van der Waals surface area contributed by atoms with E-state index in [4.69, 9.17) is 27.9 Å². The van der Waals surface area contributed by atoms with Crippen molar-refractivity contribution in [2.45, 2.75) is 13.8 Å². The number of esters is 1. The number of carbonyl (C=O) groups excluding carboxylic acids is 2. The molecule has 0 spiro atoms. The molecule has 0 amide bonds. The molecule has 6 heteroatoms. The van der Waals surface area contributed by atoms with E-state index in [9.17, 15) is 9.59 Å². The van der Waals surface area contributed by atoms with Gasteiger partial charge >= 0.3 is 5.97 Å². The van der Waals surface area contributed by atoms with E-state index < -0.39 is 11.9 Å². The lowest BCUT2D eigenvalue weighted by atomic mass is 10.1. The van der Waals surface area contributed by atoms with Crippen LogP contribution in [0.25, 0.3) is 0 Å². The highest BCUT2D eigenvalue weighted by atomic mass is 35.5. The van der Waals surface area contributed by atoms with Crippen LogP contribution in [0.1, 0.15) is 13.8 Å². The topological polar surface area (TPSA) is 55.7 Å². The Kier molecular flexibility index (Phi) is 5.99. The number of ketones is 1. The number of benzene rings is 1. The van der Waals surface area contributed by atoms with Gasteiger partial charge in [0, 0.05) is 11.2 Å². The molecule has 0 heterocycles. The molecule has 4 nitrogen and oxygen atoms in total. The molecule has 0 N–H and O–H groups in total. The third kappa shape index (κ3) is 4.65. The minimum absolute atomic E-state index is 0.207. The van der Waals surface area contributed by atoms with Crippen molar-refractivity contribution in [2.24, 2.45) is 10.9 Å². The summed E-state index contributed by atoms with van der Waals surface area (Å²) in [6, 6.07) is 4.75. The van der Waals surface area contributed by atoms with E-state index in [2.05, 4.69) is 4.99 Å². The highest BCUT2D eigenvalue weighted by molar-refractivity contribution is 6.36. The molecule has 0 radical (unpaired) electrons. The van der Waals surface area contributed by atoms with Crippen LogP contribution in [0, 0.1) is 5.92 Å². The molecule has 0 aliphatic heterocycles. The third-order valence-corrected chi connectivity index (χ3v) is 2.79. The van der Waals surface area contributed by atoms with E-state index in [-0.39, 0.29) is 12.4 Å². The smallest absolute Gasteiger partial charge is 0.321 e. The standard InChI is InChI=1S/C13H13Cl2NO3/c1-3-19-13(18)10(8(2)17)7-16-12-5-4-9(14)6-11(12)15/h4-7,10H,3H2,1-2H3/t10-/m0/s1. The first-order valence-electron chi connectivity index (χ1n) is 5.62. The Balaban J connectivity index is 2.92. The van der Waals surface area contributed by atoms with Crippen LogP contribution in [-0.2, 0) is 14.3 Å². The van der Waals surface area contributed by atoms with Crippen molar-refractivity contribution in [2.75, 3.05) is 6.61 Å². The molecule has 0 aliphatic carbocycles. The fraction of sp³-hybridized carbons (Fsp3) is 0.308. The summed E-state index contributed by atoms with van der Waals surface area (Å²) in [4.78, 5) is 27.0. The molecule has 1 atom stereocenters. The van der Waals surface area contributed by atoms with E-state index >= 15 is 0 Å². The van der Waals surface area contributed by atoms with E-state index in [0.717, 1.165) is 0 Å². The van der Waals surface area contributed by atoms with Gasteiger partial charge in [-0.15, -0.1) is 0 Å². The Hall–Kier alpha value is -1.39. The van der Waals surface area contributed by atoms with Crippen molar-refractivity contribution in [1.82, 2.24) is 0 Å². The quantitative estimate of drug-likeness (QED) is 0.475. The Morgan fingerprint density at radius 3 is 2.63 bits per heavy atom. The molecule has 0 saturated carbocycles. The lowest BCUT2D eigenvalue weighted by molar-refractivity contribution is -0.148. The minimum Gasteiger partial charge on any atom is -0.465 e. The Morgan fingerprint density at radius 1 is 1.42 bits per heavy atom. The summed E-state index contributed by atoms with van der Waals surface area (Å²) in [5.74, 6) is -1.98. The van der Waals surface area contributed by atoms with E-state index in [1.165, 1.54) is 19.2 Å². The van der Waals surface area contributed by atoms with Crippen molar-refractivity contribution in [3.05, 3.63) is 28.2 Å². The molecular formula is C13H13Cl2NO3. The zero-order valence-corrected chi connectivity index (χ0v) is 12.0. The van der Waals surface area contributed by atoms with Crippen molar-refractivity contribution < 1.29 is 14.3 Å². The lowest BCUT2D eigenvalue weighted by Gasteiger charge is -2.07. The van der Waals surface area contributed by atoms with E-state index in [0.29, 0.717) is 15.7 Å². The average Bonchev–Trinajstić information content (AvgIpc) is 2.31. The summed E-state index contributed by atoms with van der Waals surface area (Å²) in [5, 5.41) is 0.826. The number of aliphatic imine (C=N–C) groups is 1. The normalized spacial score (nSPS) is 12.4. The average molecular weight is 302 g/mol. The van der Waals surface area contributed by atoms with Crippen LogP contribution in [0.3, 0.4) is 0 Å². The van der Waals surface area contributed by atoms with Crippen molar-refractivity contribution >= 4 is 46.9 Å². The van der Waals surface area contributed by atoms with Gasteiger partial charge in [-0.2, -0.15) is 0 Å². The van der Waals surface area contributed by atoms with Gasteiger partial charge in [0.15, 0.2) is 5.92 Å². The third-order valence-electron chi connectivity index (χ3n) is 2.25. The highest BCUT2D eigenvalue weighted by Crippen LogP contribution is 2.27. The summed E-state index contributed by atoms with van der Waals surface area (Å²) in [6.07, 6.45) is 1.23. The van der Waals surface area contributed by atoms with Crippen molar-refractivity contribution in [1.29, 1.82) is 0 Å². The molecule has 19 heavy (non-hydrogen) atoms. The van der Waals surface area contributed by atoms with Crippen LogP contribution in [0.15, 0.2) is 23.2 Å². The lowest BCUT2D eigenvalue weighted by Crippen LogP contribution is -2.25. The molecule has 0 saturated heterocycles. The van der Waals surface area contributed by atoms with Crippen molar-refractivity contribution in [3.63, 3.8) is 0 Å². The number of hydrogen-bond acceptors (Lipinski definition) is 4. The largest absolute Gasteiger partial charge is 0.465 e. The zero-order valence-electron chi connectivity index (χ0n) is 10.5. The summed E-state index contributed by atoms with van der Waals surface area (Å²) >= 11 is 11.7. The van der Waals surface area contributed by atoms with Gasteiger partial charge in [0.2, 0.25) is 0 Å². The molecule has 102 valence electrons. The molecule has 1 rings (SSSR count). The molecular weight excluding hydrogens is 289 g/mol. The summed E-state index contributed by atoms with van der Waals surface area (Å²) in [7, 11) is 0. The molecule has 1 aromatic rings. The molecule has 0 bridgehead atoms. The van der Waals surface area contributed by atoms with Crippen LogP contribution in [0.2, 0.25) is 10.0 Å². The number of carbonyl (C=O) groups is 2. The SMILES string of the molecule is CCOC(=O)[C@@H](C=Nc1ccc(Cl)cc1Cl)C(C)=O. The Labute approximate surface area is 121 Å². The minimum atomic E-state index is -1.02. The first kappa shape index (κ1) is 15.7. The molecule has 0 unspecified atom stereocenters. The number of rotatable bonds is 5. The number of hydrogen-bond donors (Lipinski definition) is 0. The number of nitrogens with zero attached hydrogens (tertiary/aromatic N) is 1. The monoisotopic (exact) mass is 301 g/mol. The number of Topliss-reactive ketones (excluding diaryl/α,β-unsaturated/α-hetero) is 1. The second-order valence-electron chi connectivity index (χ2n) is 3.71. The van der Waals surface area contributed by atoms with Crippen LogP contribution in [-0.4, -0.2) is 24.6 Å². The van der Waals surface area contributed by atoms with Crippen LogP contribution in [0.4, 0.5) is 5.69 Å². The predicted octanol–water partition coefficient (Wildman–Crippen LogP) is 3.46. The van der Waals surface area contributed by atoms with Gasteiger partial charge in [0.25, 0.3) is 0 Å². The number of ether oxygens (including phenoxy) is 1. The first-order chi connectivity index (χ1) is 8.95. The predicted molar refractivity (Wildman–Crippen MR) is 75.4 cm³/mol. The second-order valence-corrected chi connectivity index (χ2v) is 4.56. The summed E-state index contributed by atoms with van der Waals surface area (Å²) in [5.41, 5.74) is 0.432. The summed E-state index contributed by atoms with van der Waals surface area (Å²) in [6.45, 7) is 3.18. The second kappa shape index (κ2) is 7.26. The van der Waals surface area contributed by atoms with Gasteiger partial charge in [0.05, 0.1) is 17.3 Å². The summed E-state index contributed by atoms with van der Waals surface area (Å²) < 4.78 is 4.80. The fourth-order valence-electron chi connectivity index (χ4n) is 1.30. The van der Waals surface area contributed by atoms with Gasteiger partial charge in [-0.3, -0.25) is 14.6 Å². The van der Waals surface area contributed by atoms with Gasteiger partial charge in [-0.05, 0) is 32.0 Å².